The minimum Gasteiger partial charge on any atom is -0.325 e. The molecule has 0 fully saturated rings. The maximum atomic E-state index is 12.6. The summed E-state index contributed by atoms with van der Waals surface area (Å²) in [5, 5.41) is 0.531. The third-order valence-electron chi connectivity index (χ3n) is 4.54. The van der Waals surface area contributed by atoms with Crippen molar-refractivity contribution < 1.29 is 18.1 Å². The maximum Gasteiger partial charge on any atom is 0.416 e. The first-order valence-electron chi connectivity index (χ1n) is 8.23. The second-order valence-electron chi connectivity index (χ2n) is 6.41. The van der Waals surface area contributed by atoms with Crippen LogP contribution in [0, 0.1) is 0 Å². The minimum absolute atomic E-state index is 0.130. The molecule has 0 aliphatic carbocycles. The normalized spacial score (nSPS) is 14.3. The number of fused-ring (bicyclic) bond motifs is 1. The average Bonchev–Trinajstić information content (AvgIpc) is 2.60. The van der Waals surface area contributed by atoms with Gasteiger partial charge in [0.25, 0.3) is 5.56 Å². The first-order valence-corrected chi connectivity index (χ1v) is 8.23. The van der Waals surface area contributed by atoms with Crippen molar-refractivity contribution in [1.29, 1.82) is 0 Å². The number of benzene rings is 2. The van der Waals surface area contributed by atoms with Crippen LogP contribution in [0.15, 0.2) is 53.3 Å². The summed E-state index contributed by atoms with van der Waals surface area (Å²) in [6, 6.07) is 12.1. The van der Waals surface area contributed by atoms with E-state index in [1.54, 1.807) is 18.2 Å². The summed E-state index contributed by atoms with van der Waals surface area (Å²) in [5.74, 6) is 0.554. The average molecular weight is 362 g/mol. The molecule has 136 valence electrons. The summed E-state index contributed by atoms with van der Waals surface area (Å²) >= 11 is 0. The predicted molar refractivity (Wildman–Crippen MR) is 92.8 cm³/mol. The molecule has 1 heterocycles. The van der Waals surface area contributed by atoms with Crippen LogP contribution in [0.1, 0.15) is 29.9 Å². The Hall–Kier alpha value is -2.67. The third kappa shape index (κ3) is 3.77. The Kier molecular flexibility index (Phi) is 4.82. The summed E-state index contributed by atoms with van der Waals surface area (Å²) < 4.78 is 37.9. The second-order valence-corrected chi connectivity index (χ2v) is 6.41. The van der Waals surface area contributed by atoms with Crippen LogP contribution in [0.4, 0.5) is 13.2 Å². The molecule has 4 nitrogen and oxygen atoms in total. The van der Waals surface area contributed by atoms with Crippen molar-refractivity contribution in [3.63, 3.8) is 0 Å². The molecule has 0 amide bonds. The van der Waals surface area contributed by atoms with Gasteiger partial charge >= 0.3 is 6.18 Å². The monoisotopic (exact) mass is 362 g/mol. The van der Waals surface area contributed by atoms with E-state index in [-0.39, 0.29) is 11.6 Å². The number of nitrogens with one attached hydrogen (secondary N) is 2. The van der Waals surface area contributed by atoms with Gasteiger partial charge in [0, 0.05) is 5.56 Å². The number of aromatic nitrogens is 2. The van der Waals surface area contributed by atoms with Gasteiger partial charge in [-0.05, 0) is 31.2 Å². The number of aromatic amines is 1. The van der Waals surface area contributed by atoms with Gasteiger partial charge in [0.15, 0.2) is 5.82 Å². The van der Waals surface area contributed by atoms with Crippen molar-refractivity contribution in [1.82, 2.24) is 9.97 Å². The van der Waals surface area contributed by atoms with E-state index in [2.05, 4.69) is 9.97 Å². The summed E-state index contributed by atoms with van der Waals surface area (Å²) in [4.78, 5) is 20.5. The topological polar surface area (TPSA) is 50.2 Å². The molecular weight excluding hydrogens is 343 g/mol. The zero-order valence-electron chi connectivity index (χ0n) is 14.4. The molecule has 26 heavy (non-hydrogen) atoms. The Morgan fingerprint density at radius 1 is 1.12 bits per heavy atom. The van der Waals surface area contributed by atoms with Crippen molar-refractivity contribution in [3.05, 3.63) is 75.8 Å². The lowest BCUT2D eigenvalue weighted by Gasteiger charge is -2.21. The molecule has 0 saturated heterocycles. The number of hydrogen-bond donors (Lipinski definition) is 2. The molecule has 7 heteroatoms. The largest absolute Gasteiger partial charge is 0.416 e. The van der Waals surface area contributed by atoms with Crippen LogP contribution in [-0.2, 0) is 12.7 Å². The van der Waals surface area contributed by atoms with Crippen molar-refractivity contribution in [3.8, 4) is 0 Å². The number of quaternary nitrogens is 1. The van der Waals surface area contributed by atoms with Crippen molar-refractivity contribution in [2.75, 3.05) is 7.05 Å². The van der Waals surface area contributed by atoms with E-state index < -0.39 is 11.7 Å². The van der Waals surface area contributed by atoms with Gasteiger partial charge in [-0.1, -0.05) is 24.3 Å². The highest BCUT2D eigenvalue weighted by Gasteiger charge is 2.30. The van der Waals surface area contributed by atoms with Crippen LogP contribution in [0.5, 0.6) is 0 Å². The summed E-state index contributed by atoms with van der Waals surface area (Å²) in [5.41, 5.74) is 0.554. The number of hydrogen-bond acceptors (Lipinski definition) is 2. The van der Waals surface area contributed by atoms with Crippen LogP contribution < -0.4 is 10.5 Å². The van der Waals surface area contributed by atoms with E-state index in [0.717, 1.165) is 22.6 Å². The molecule has 0 aliphatic heterocycles. The van der Waals surface area contributed by atoms with Gasteiger partial charge in [0.05, 0.1) is 23.5 Å². The molecular formula is C19H19F3N3O+. The summed E-state index contributed by atoms with van der Waals surface area (Å²) in [6.07, 6.45) is -4.33. The van der Waals surface area contributed by atoms with E-state index in [1.807, 2.05) is 20.0 Å². The van der Waals surface area contributed by atoms with Crippen LogP contribution in [-0.4, -0.2) is 17.0 Å². The molecule has 2 atom stereocenters. The molecule has 1 aromatic heterocycles. The second kappa shape index (κ2) is 6.92. The smallest absolute Gasteiger partial charge is 0.325 e. The van der Waals surface area contributed by atoms with E-state index >= 15 is 0 Å². The lowest BCUT2D eigenvalue weighted by molar-refractivity contribution is -0.924. The molecule has 2 aromatic carbocycles. The zero-order chi connectivity index (χ0) is 18.9. The van der Waals surface area contributed by atoms with Crippen molar-refractivity contribution in [2.45, 2.75) is 25.7 Å². The fourth-order valence-corrected chi connectivity index (χ4v) is 2.83. The number of rotatable bonds is 4. The summed E-state index contributed by atoms with van der Waals surface area (Å²) in [6.45, 7) is 2.43. The lowest BCUT2D eigenvalue weighted by Crippen LogP contribution is -3.07. The van der Waals surface area contributed by atoms with Crippen molar-refractivity contribution in [2.24, 2.45) is 0 Å². The Labute approximate surface area is 148 Å². The molecule has 0 bridgehead atoms. The Bertz CT molecular complexity index is 964. The van der Waals surface area contributed by atoms with E-state index in [0.29, 0.717) is 23.3 Å². The highest BCUT2D eigenvalue weighted by molar-refractivity contribution is 5.77. The van der Waals surface area contributed by atoms with E-state index in [9.17, 15) is 18.0 Å². The molecule has 2 N–H and O–H groups in total. The minimum atomic E-state index is -4.33. The molecule has 0 aliphatic rings. The standard InChI is InChI=1S/C19H18F3N3O/c1-12(17-23-16-6-4-3-5-15(16)18(26)24-17)25(2)11-13-7-9-14(10-8-13)19(20,21)22/h3-10,12H,11H2,1-2H3,(H,23,24,26)/p+1/t12-/m0/s1. The third-order valence-corrected chi connectivity index (χ3v) is 4.54. The van der Waals surface area contributed by atoms with Crippen LogP contribution in [0.3, 0.4) is 0 Å². The number of para-hydroxylation sites is 1. The van der Waals surface area contributed by atoms with Gasteiger partial charge in [-0.15, -0.1) is 0 Å². The van der Waals surface area contributed by atoms with Crippen LogP contribution >= 0.6 is 0 Å². The zero-order valence-corrected chi connectivity index (χ0v) is 14.4. The lowest BCUT2D eigenvalue weighted by atomic mass is 10.1. The van der Waals surface area contributed by atoms with Gasteiger partial charge in [0.1, 0.15) is 12.6 Å². The van der Waals surface area contributed by atoms with Gasteiger partial charge in [0.2, 0.25) is 0 Å². The molecule has 0 spiro atoms. The maximum absolute atomic E-state index is 12.6. The summed E-state index contributed by atoms with van der Waals surface area (Å²) in [7, 11) is 1.91. The fourth-order valence-electron chi connectivity index (χ4n) is 2.83. The molecule has 1 unspecified atom stereocenters. The van der Waals surface area contributed by atoms with Crippen molar-refractivity contribution >= 4 is 10.9 Å². The molecule has 0 saturated carbocycles. The predicted octanol–water partition coefficient (Wildman–Crippen LogP) is 2.72. The fraction of sp³-hybridized carbons (Fsp3) is 0.263. The highest BCUT2D eigenvalue weighted by atomic mass is 19.4. The van der Waals surface area contributed by atoms with Crippen LogP contribution in [0.2, 0.25) is 0 Å². The quantitative estimate of drug-likeness (QED) is 0.750. The van der Waals surface area contributed by atoms with Crippen LogP contribution in [0.25, 0.3) is 10.9 Å². The Morgan fingerprint density at radius 2 is 1.77 bits per heavy atom. The molecule has 3 rings (SSSR count). The first-order chi connectivity index (χ1) is 12.3. The SMILES string of the molecule is C[C@@H](c1nc2ccccc2c(=O)[nH]1)[NH+](C)Cc1ccc(C(F)(F)F)cc1. The van der Waals surface area contributed by atoms with Gasteiger partial charge in [-0.2, -0.15) is 13.2 Å². The van der Waals surface area contributed by atoms with Gasteiger partial charge < -0.3 is 9.88 Å². The Morgan fingerprint density at radius 3 is 2.42 bits per heavy atom. The number of nitrogens with zero attached hydrogens (tertiary/aromatic N) is 1. The number of alkyl halides is 3. The number of halogens is 3. The van der Waals surface area contributed by atoms with E-state index in [1.165, 1.54) is 12.1 Å². The molecule has 3 aromatic rings. The first kappa shape index (κ1) is 18.1. The van der Waals surface area contributed by atoms with Gasteiger partial charge in [-0.3, -0.25) is 4.79 Å². The van der Waals surface area contributed by atoms with E-state index in [4.69, 9.17) is 0 Å². The Balaban J connectivity index is 1.79. The number of H-pyrrole nitrogens is 1. The molecule has 0 radical (unpaired) electrons. The van der Waals surface area contributed by atoms with Gasteiger partial charge in [-0.25, -0.2) is 4.98 Å². The highest BCUT2D eigenvalue weighted by Crippen LogP contribution is 2.29.